The lowest BCUT2D eigenvalue weighted by molar-refractivity contribution is -0.127. The number of Topliss-reactive ketones (excluding diaryl/α,β-unsaturated/α-hetero) is 1. The van der Waals surface area contributed by atoms with Gasteiger partial charge in [-0.2, -0.15) is 0 Å². The van der Waals surface area contributed by atoms with Gasteiger partial charge in [-0.15, -0.1) is 11.8 Å². The topological polar surface area (TPSA) is 37.4 Å². The van der Waals surface area contributed by atoms with Crippen LogP contribution in [0.2, 0.25) is 0 Å². The summed E-state index contributed by atoms with van der Waals surface area (Å²) in [7, 11) is 0. The highest BCUT2D eigenvalue weighted by Crippen LogP contribution is 2.19. The molecule has 1 amide bonds. The Balaban J connectivity index is 2.61. The summed E-state index contributed by atoms with van der Waals surface area (Å²) in [5.41, 5.74) is 0.690. The third-order valence-corrected chi connectivity index (χ3v) is 3.70. The Bertz CT molecular complexity index is 428. The molecule has 0 aliphatic rings. The summed E-state index contributed by atoms with van der Waals surface area (Å²) >= 11 is 1.48. The van der Waals surface area contributed by atoms with Crippen molar-refractivity contribution in [2.24, 2.45) is 0 Å². The molecule has 98 valence electrons. The molecule has 0 N–H and O–H groups in total. The van der Waals surface area contributed by atoms with Gasteiger partial charge in [0.25, 0.3) is 0 Å². The van der Waals surface area contributed by atoms with E-state index >= 15 is 0 Å². The number of hydrogen-bond donors (Lipinski definition) is 0. The average molecular weight is 265 g/mol. The van der Waals surface area contributed by atoms with Gasteiger partial charge < -0.3 is 4.90 Å². The Kier molecular flexibility index (Phi) is 5.92. The summed E-state index contributed by atoms with van der Waals surface area (Å²) in [6, 6.07) is 7.40. The Morgan fingerprint density at radius 3 is 2.44 bits per heavy atom. The molecule has 1 rings (SSSR count). The third-order valence-electron chi connectivity index (χ3n) is 2.72. The SMILES string of the molecule is CCN(CC)C(=O)CSc1cccc(C(C)=O)c1. The first-order valence-electron chi connectivity index (χ1n) is 6.10. The minimum atomic E-state index is 0.0486. The minimum absolute atomic E-state index is 0.0486. The van der Waals surface area contributed by atoms with Gasteiger partial charge in [-0.1, -0.05) is 12.1 Å². The van der Waals surface area contributed by atoms with E-state index < -0.39 is 0 Å². The number of hydrogen-bond acceptors (Lipinski definition) is 3. The quantitative estimate of drug-likeness (QED) is 0.586. The number of carbonyl (C=O) groups excluding carboxylic acids is 2. The number of ketones is 1. The molecule has 3 nitrogen and oxygen atoms in total. The molecule has 1 aromatic carbocycles. The zero-order valence-corrected chi connectivity index (χ0v) is 11.9. The second kappa shape index (κ2) is 7.21. The summed E-state index contributed by atoms with van der Waals surface area (Å²) in [5.74, 6) is 0.606. The molecule has 0 radical (unpaired) electrons. The largest absolute Gasteiger partial charge is 0.343 e. The van der Waals surface area contributed by atoms with Crippen LogP contribution in [0.25, 0.3) is 0 Å². The molecule has 18 heavy (non-hydrogen) atoms. The van der Waals surface area contributed by atoms with Crippen molar-refractivity contribution in [1.82, 2.24) is 4.90 Å². The van der Waals surface area contributed by atoms with Crippen molar-refractivity contribution in [3.05, 3.63) is 29.8 Å². The highest BCUT2D eigenvalue weighted by atomic mass is 32.2. The fourth-order valence-electron chi connectivity index (χ4n) is 1.62. The molecule has 0 atom stereocenters. The summed E-state index contributed by atoms with van der Waals surface area (Å²) in [6.45, 7) is 6.97. The van der Waals surface area contributed by atoms with Crippen LogP contribution >= 0.6 is 11.8 Å². The van der Waals surface area contributed by atoms with Crippen molar-refractivity contribution in [2.75, 3.05) is 18.8 Å². The van der Waals surface area contributed by atoms with Crippen molar-refractivity contribution < 1.29 is 9.59 Å². The number of benzene rings is 1. The summed E-state index contributed by atoms with van der Waals surface area (Å²) < 4.78 is 0. The molecule has 0 saturated carbocycles. The average Bonchev–Trinajstić information content (AvgIpc) is 2.38. The molecule has 1 aromatic rings. The molecule has 0 heterocycles. The molecule has 0 spiro atoms. The van der Waals surface area contributed by atoms with E-state index in [0.29, 0.717) is 11.3 Å². The predicted octanol–water partition coefficient (Wildman–Crippen LogP) is 2.85. The highest BCUT2D eigenvalue weighted by Gasteiger charge is 2.10. The van der Waals surface area contributed by atoms with Crippen LogP contribution in [-0.2, 0) is 4.79 Å². The summed E-state index contributed by atoms with van der Waals surface area (Å²) in [5, 5.41) is 0. The first-order valence-corrected chi connectivity index (χ1v) is 7.08. The van der Waals surface area contributed by atoms with Gasteiger partial charge in [0.15, 0.2) is 5.78 Å². The van der Waals surface area contributed by atoms with Crippen molar-refractivity contribution in [2.45, 2.75) is 25.7 Å². The molecule has 0 unspecified atom stereocenters. The number of amides is 1. The van der Waals surface area contributed by atoms with Crippen LogP contribution in [0.1, 0.15) is 31.1 Å². The number of carbonyl (C=O) groups is 2. The first kappa shape index (κ1) is 14.8. The van der Waals surface area contributed by atoms with Crippen LogP contribution in [-0.4, -0.2) is 35.4 Å². The van der Waals surface area contributed by atoms with Crippen LogP contribution in [0, 0.1) is 0 Å². The monoisotopic (exact) mass is 265 g/mol. The van der Waals surface area contributed by atoms with E-state index in [-0.39, 0.29) is 11.7 Å². The maximum absolute atomic E-state index is 11.8. The molecular formula is C14H19NO2S. The molecule has 0 bridgehead atoms. The molecule has 0 fully saturated rings. The van der Waals surface area contributed by atoms with E-state index in [0.717, 1.165) is 18.0 Å². The van der Waals surface area contributed by atoms with Crippen LogP contribution in [0.15, 0.2) is 29.2 Å². The molecule has 0 saturated heterocycles. The first-order chi connectivity index (χ1) is 8.58. The lowest BCUT2D eigenvalue weighted by Gasteiger charge is -2.18. The van der Waals surface area contributed by atoms with E-state index in [1.165, 1.54) is 11.8 Å². The van der Waals surface area contributed by atoms with Crippen molar-refractivity contribution >= 4 is 23.5 Å². The number of nitrogens with zero attached hydrogens (tertiary/aromatic N) is 1. The van der Waals surface area contributed by atoms with Crippen LogP contribution in [0.5, 0.6) is 0 Å². The van der Waals surface area contributed by atoms with E-state index in [2.05, 4.69) is 0 Å². The van der Waals surface area contributed by atoms with Crippen molar-refractivity contribution in [3.8, 4) is 0 Å². The number of thioether (sulfide) groups is 1. The third kappa shape index (κ3) is 4.18. The molecule has 0 aliphatic carbocycles. The maximum atomic E-state index is 11.8. The standard InChI is InChI=1S/C14H19NO2S/c1-4-15(5-2)14(17)10-18-13-8-6-7-12(9-13)11(3)16/h6-9H,4-5,10H2,1-3H3. The Morgan fingerprint density at radius 2 is 1.89 bits per heavy atom. The van der Waals surface area contributed by atoms with Gasteiger partial charge in [-0.3, -0.25) is 9.59 Å². The van der Waals surface area contributed by atoms with Crippen LogP contribution in [0.3, 0.4) is 0 Å². The van der Waals surface area contributed by atoms with Gasteiger partial charge in [0.2, 0.25) is 5.91 Å². The minimum Gasteiger partial charge on any atom is -0.343 e. The second-order valence-corrected chi connectivity index (χ2v) is 4.99. The van der Waals surface area contributed by atoms with Crippen LogP contribution in [0.4, 0.5) is 0 Å². The number of rotatable bonds is 6. The lowest BCUT2D eigenvalue weighted by Crippen LogP contribution is -2.31. The van der Waals surface area contributed by atoms with E-state index in [1.54, 1.807) is 13.0 Å². The molecule has 0 aliphatic heterocycles. The molecular weight excluding hydrogens is 246 g/mol. The van der Waals surface area contributed by atoms with E-state index in [4.69, 9.17) is 0 Å². The Morgan fingerprint density at radius 1 is 1.22 bits per heavy atom. The maximum Gasteiger partial charge on any atom is 0.232 e. The highest BCUT2D eigenvalue weighted by molar-refractivity contribution is 8.00. The summed E-state index contributed by atoms with van der Waals surface area (Å²) in [6.07, 6.45) is 0. The van der Waals surface area contributed by atoms with Crippen molar-refractivity contribution in [1.29, 1.82) is 0 Å². The van der Waals surface area contributed by atoms with Crippen LogP contribution < -0.4 is 0 Å². The van der Waals surface area contributed by atoms with E-state index in [9.17, 15) is 9.59 Å². The second-order valence-electron chi connectivity index (χ2n) is 3.94. The Hall–Kier alpha value is -1.29. The Labute approximate surface area is 113 Å². The fraction of sp³-hybridized carbons (Fsp3) is 0.429. The smallest absolute Gasteiger partial charge is 0.232 e. The van der Waals surface area contributed by atoms with E-state index in [1.807, 2.05) is 36.9 Å². The van der Waals surface area contributed by atoms with Gasteiger partial charge in [0.05, 0.1) is 5.75 Å². The van der Waals surface area contributed by atoms with Crippen molar-refractivity contribution in [3.63, 3.8) is 0 Å². The van der Waals surface area contributed by atoms with Gasteiger partial charge >= 0.3 is 0 Å². The lowest BCUT2D eigenvalue weighted by atomic mass is 10.2. The van der Waals surface area contributed by atoms with Gasteiger partial charge in [0, 0.05) is 23.5 Å². The zero-order chi connectivity index (χ0) is 13.5. The molecule has 4 heteroatoms. The summed E-state index contributed by atoms with van der Waals surface area (Å²) in [4.78, 5) is 25.9. The van der Waals surface area contributed by atoms with Gasteiger partial charge in [0.1, 0.15) is 0 Å². The van der Waals surface area contributed by atoms with Gasteiger partial charge in [-0.05, 0) is 32.9 Å². The normalized spacial score (nSPS) is 10.2. The fourth-order valence-corrected chi connectivity index (χ4v) is 2.48. The molecule has 0 aromatic heterocycles. The predicted molar refractivity (Wildman–Crippen MR) is 75.1 cm³/mol. The van der Waals surface area contributed by atoms with Gasteiger partial charge in [-0.25, -0.2) is 0 Å². The zero-order valence-electron chi connectivity index (χ0n) is 11.1.